The van der Waals surface area contributed by atoms with E-state index in [0.29, 0.717) is 24.7 Å². The number of Topliss-reactive ketones (excluding diaryl/α,β-unsaturated/α-hetero) is 1. The topological polar surface area (TPSA) is 59.5 Å². The predicted molar refractivity (Wildman–Crippen MR) is 95.4 cm³/mol. The van der Waals surface area contributed by atoms with Gasteiger partial charge >= 0.3 is 6.09 Å². The monoisotopic (exact) mass is 344 g/mol. The molecule has 0 atom stereocenters. The molecular weight excluding hydrogens is 316 g/mol. The molecule has 2 aliphatic rings. The minimum atomic E-state index is -0.474. The van der Waals surface area contributed by atoms with Crippen LogP contribution in [0.15, 0.2) is 24.4 Å². The Morgan fingerprint density at radius 3 is 2.36 bits per heavy atom. The molecule has 136 valence electrons. The lowest BCUT2D eigenvalue weighted by Crippen LogP contribution is -2.50. The molecule has 2 heterocycles. The summed E-state index contributed by atoms with van der Waals surface area (Å²) in [6.07, 6.45) is 6.15. The molecule has 1 saturated carbocycles. The molecule has 5 heteroatoms. The van der Waals surface area contributed by atoms with E-state index < -0.39 is 5.60 Å². The number of carbonyl (C=O) groups is 2. The lowest BCUT2D eigenvalue weighted by atomic mass is 9.56. The molecule has 3 rings (SSSR count). The molecule has 0 unspecified atom stereocenters. The number of ether oxygens (including phenoxy) is 1. The molecule has 0 radical (unpaired) electrons. The summed E-state index contributed by atoms with van der Waals surface area (Å²) in [5.74, 6) is 0.518. The fourth-order valence-electron chi connectivity index (χ4n) is 4.07. The quantitative estimate of drug-likeness (QED) is 0.775. The number of pyridine rings is 1. The van der Waals surface area contributed by atoms with Crippen molar-refractivity contribution in [3.63, 3.8) is 0 Å². The van der Waals surface area contributed by atoms with Crippen molar-refractivity contribution < 1.29 is 14.3 Å². The zero-order valence-corrected chi connectivity index (χ0v) is 15.5. The van der Waals surface area contributed by atoms with E-state index in [1.165, 1.54) is 0 Å². The van der Waals surface area contributed by atoms with Crippen molar-refractivity contribution in [1.82, 2.24) is 9.88 Å². The van der Waals surface area contributed by atoms with Gasteiger partial charge in [0.25, 0.3) is 0 Å². The number of amides is 1. The van der Waals surface area contributed by atoms with Gasteiger partial charge in [-0.25, -0.2) is 4.79 Å². The number of hydrogen-bond donors (Lipinski definition) is 0. The molecule has 5 nitrogen and oxygen atoms in total. The largest absolute Gasteiger partial charge is 0.444 e. The first-order valence-corrected chi connectivity index (χ1v) is 9.26. The summed E-state index contributed by atoms with van der Waals surface area (Å²) in [6.45, 7) is 6.97. The van der Waals surface area contributed by atoms with Crippen LogP contribution in [0.3, 0.4) is 0 Å². The van der Waals surface area contributed by atoms with Crippen LogP contribution >= 0.6 is 0 Å². The van der Waals surface area contributed by atoms with Gasteiger partial charge in [-0.05, 0) is 64.5 Å². The fraction of sp³-hybridized carbons (Fsp3) is 0.650. The highest BCUT2D eigenvalue weighted by atomic mass is 16.6. The summed E-state index contributed by atoms with van der Waals surface area (Å²) >= 11 is 0. The fourth-order valence-corrected chi connectivity index (χ4v) is 4.07. The number of rotatable bonds is 3. The second-order valence-electron chi connectivity index (χ2n) is 8.30. The van der Waals surface area contributed by atoms with Crippen molar-refractivity contribution in [2.45, 2.75) is 58.5 Å². The van der Waals surface area contributed by atoms with Crippen LogP contribution in [-0.2, 0) is 4.74 Å². The number of hydrogen-bond acceptors (Lipinski definition) is 4. The molecule has 0 N–H and O–H groups in total. The van der Waals surface area contributed by atoms with E-state index in [1.54, 1.807) is 11.1 Å². The minimum Gasteiger partial charge on any atom is -0.444 e. The summed E-state index contributed by atoms with van der Waals surface area (Å²) in [5.41, 5.74) is -0.163. The van der Waals surface area contributed by atoms with Crippen LogP contribution in [0.25, 0.3) is 0 Å². The van der Waals surface area contributed by atoms with E-state index in [9.17, 15) is 9.59 Å². The maximum Gasteiger partial charge on any atom is 0.410 e. The molecule has 1 aliphatic heterocycles. The third kappa shape index (κ3) is 3.70. The summed E-state index contributed by atoms with van der Waals surface area (Å²) in [7, 11) is 0. The lowest BCUT2D eigenvalue weighted by Gasteiger charge is -2.49. The van der Waals surface area contributed by atoms with Crippen molar-refractivity contribution >= 4 is 11.9 Å². The maximum absolute atomic E-state index is 13.1. The third-order valence-corrected chi connectivity index (χ3v) is 5.52. The summed E-state index contributed by atoms with van der Waals surface area (Å²) in [4.78, 5) is 31.4. The Kier molecular flexibility index (Phi) is 4.85. The Morgan fingerprint density at radius 2 is 1.88 bits per heavy atom. The highest BCUT2D eigenvalue weighted by molar-refractivity contribution is 5.99. The first-order valence-electron chi connectivity index (χ1n) is 9.26. The van der Waals surface area contributed by atoms with Gasteiger partial charge in [0.05, 0.1) is 0 Å². The van der Waals surface area contributed by atoms with Gasteiger partial charge in [0.2, 0.25) is 0 Å². The van der Waals surface area contributed by atoms with Gasteiger partial charge in [-0.3, -0.25) is 9.78 Å². The van der Waals surface area contributed by atoms with Gasteiger partial charge in [0.1, 0.15) is 11.3 Å². The van der Waals surface area contributed by atoms with Crippen molar-refractivity contribution in [1.29, 1.82) is 0 Å². The smallest absolute Gasteiger partial charge is 0.410 e. The van der Waals surface area contributed by atoms with E-state index >= 15 is 0 Å². The van der Waals surface area contributed by atoms with Crippen molar-refractivity contribution in [3.8, 4) is 0 Å². The van der Waals surface area contributed by atoms with Crippen molar-refractivity contribution in [2.24, 2.45) is 11.3 Å². The third-order valence-electron chi connectivity index (χ3n) is 5.52. The predicted octanol–water partition coefficient (Wildman–Crippen LogP) is 4.08. The Labute approximate surface area is 149 Å². The highest BCUT2D eigenvalue weighted by Crippen LogP contribution is 2.52. The van der Waals surface area contributed by atoms with Crippen LogP contribution in [0, 0.1) is 11.3 Å². The van der Waals surface area contributed by atoms with Crippen LogP contribution in [0.1, 0.15) is 63.4 Å². The number of likely N-dealkylation sites (tertiary alicyclic amines) is 1. The molecule has 1 saturated heterocycles. The lowest BCUT2D eigenvalue weighted by molar-refractivity contribution is -0.00394. The van der Waals surface area contributed by atoms with Crippen molar-refractivity contribution in [2.75, 3.05) is 13.1 Å². The molecule has 1 aromatic heterocycles. The molecule has 0 bridgehead atoms. The van der Waals surface area contributed by atoms with E-state index in [0.717, 1.165) is 32.1 Å². The number of piperidine rings is 1. The first-order chi connectivity index (χ1) is 11.8. The molecule has 25 heavy (non-hydrogen) atoms. The second-order valence-corrected chi connectivity index (χ2v) is 8.30. The Morgan fingerprint density at radius 1 is 1.20 bits per heavy atom. The SMILES string of the molecule is CC(C)(C)OC(=O)N1CCC(C2(C(=O)c3ccccn3)CCC2)CC1. The van der Waals surface area contributed by atoms with Gasteiger partial charge in [-0.2, -0.15) is 0 Å². The number of carbonyl (C=O) groups excluding carboxylic acids is 2. The van der Waals surface area contributed by atoms with Crippen LogP contribution in [0.2, 0.25) is 0 Å². The number of aromatic nitrogens is 1. The number of nitrogens with zero attached hydrogens (tertiary/aromatic N) is 2. The zero-order chi connectivity index (χ0) is 18.1. The number of ketones is 1. The average Bonchev–Trinajstić information content (AvgIpc) is 2.53. The Hall–Kier alpha value is -1.91. The summed E-state index contributed by atoms with van der Waals surface area (Å²) < 4.78 is 5.47. The van der Waals surface area contributed by atoms with Crippen LogP contribution in [-0.4, -0.2) is 40.5 Å². The zero-order valence-electron chi connectivity index (χ0n) is 15.5. The van der Waals surface area contributed by atoms with Crippen LogP contribution < -0.4 is 0 Å². The van der Waals surface area contributed by atoms with Gasteiger partial charge in [-0.1, -0.05) is 12.5 Å². The van der Waals surface area contributed by atoms with Crippen LogP contribution in [0.4, 0.5) is 4.79 Å². The minimum absolute atomic E-state index is 0.190. The van der Waals surface area contributed by atoms with Gasteiger partial charge in [0.15, 0.2) is 5.78 Å². The molecule has 1 amide bonds. The van der Waals surface area contributed by atoms with E-state index in [4.69, 9.17) is 4.74 Å². The Bertz CT molecular complexity index is 624. The molecule has 0 spiro atoms. The second kappa shape index (κ2) is 6.77. The standard InChI is InChI=1S/C20H28N2O3/c1-19(2,3)25-18(24)22-13-8-15(9-14-22)20(10-6-11-20)17(23)16-7-4-5-12-21-16/h4-5,7,12,15H,6,8-11,13-14H2,1-3H3. The molecule has 1 aromatic rings. The molecule has 1 aliphatic carbocycles. The van der Waals surface area contributed by atoms with Crippen molar-refractivity contribution in [3.05, 3.63) is 30.1 Å². The maximum atomic E-state index is 13.1. The first kappa shape index (κ1) is 17.9. The van der Waals surface area contributed by atoms with Gasteiger partial charge in [0, 0.05) is 24.7 Å². The molecule has 2 fully saturated rings. The van der Waals surface area contributed by atoms with E-state index in [1.807, 2.05) is 39.0 Å². The molecule has 0 aromatic carbocycles. The molecular formula is C20H28N2O3. The summed E-state index contributed by atoms with van der Waals surface area (Å²) in [5, 5.41) is 0. The van der Waals surface area contributed by atoms with E-state index in [2.05, 4.69) is 4.98 Å². The van der Waals surface area contributed by atoms with Crippen LogP contribution in [0.5, 0.6) is 0 Å². The van der Waals surface area contributed by atoms with Gasteiger partial charge < -0.3 is 9.64 Å². The van der Waals surface area contributed by atoms with Gasteiger partial charge in [-0.15, -0.1) is 0 Å². The Balaban J connectivity index is 1.65. The summed E-state index contributed by atoms with van der Waals surface area (Å²) in [6, 6.07) is 5.53. The highest BCUT2D eigenvalue weighted by Gasteiger charge is 2.51. The normalized spacial score (nSPS) is 20.7. The van der Waals surface area contributed by atoms with E-state index in [-0.39, 0.29) is 17.3 Å². The average molecular weight is 344 g/mol.